The highest BCUT2D eigenvalue weighted by Crippen LogP contribution is 2.45. The maximum atomic E-state index is 13.2. The minimum absolute atomic E-state index is 0. The van der Waals surface area contributed by atoms with Crippen molar-refractivity contribution in [1.29, 1.82) is 0 Å². The van der Waals surface area contributed by atoms with Gasteiger partial charge in [0.25, 0.3) is 5.91 Å². The number of aryl methyl sites for hydroxylation is 4. The SMILES string of the molecule is COc1ccc2c(c[n+]3c4c2ccc2c5c(cc(c24)CC3)OCO5)c1NC(=O)c1c(C)noc1C.[Cl-]. The van der Waals surface area contributed by atoms with Crippen molar-refractivity contribution in [2.45, 2.75) is 26.8 Å². The molecule has 2 aliphatic heterocycles. The molecule has 8 nitrogen and oxygen atoms in total. The molecule has 5 aromatic rings. The number of methoxy groups -OCH3 is 1. The molecule has 0 atom stereocenters. The summed E-state index contributed by atoms with van der Waals surface area (Å²) in [5.74, 6) is 2.41. The molecule has 182 valence electrons. The van der Waals surface area contributed by atoms with Gasteiger partial charge in [0.15, 0.2) is 24.2 Å². The average molecular weight is 504 g/mol. The molecule has 0 bridgehead atoms. The smallest absolute Gasteiger partial charge is 0.261 e. The number of amides is 1. The molecule has 9 heteroatoms. The summed E-state index contributed by atoms with van der Waals surface area (Å²) < 4.78 is 24.6. The summed E-state index contributed by atoms with van der Waals surface area (Å²) in [6, 6.07) is 10.3. The zero-order valence-electron chi connectivity index (χ0n) is 19.9. The molecule has 4 heterocycles. The fourth-order valence-electron chi connectivity index (χ4n) is 5.54. The van der Waals surface area contributed by atoms with E-state index in [0.717, 1.165) is 51.5 Å². The molecule has 2 aliphatic rings. The number of hydrogen-bond donors (Lipinski definition) is 1. The van der Waals surface area contributed by atoms with Crippen molar-refractivity contribution in [2.24, 2.45) is 0 Å². The number of halogens is 1. The highest BCUT2D eigenvalue weighted by molar-refractivity contribution is 6.20. The van der Waals surface area contributed by atoms with Crippen molar-refractivity contribution < 1.29 is 40.5 Å². The summed E-state index contributed by atoms with van der Waals surface area (Å²) in [5, 5.41) is 12.3. The molecule has 0 radical (unpaired) electrons. The zero-order valence-corrected chi connectivity index (χ0v) is 20.7. The number of nitrogens with zero attached hydrogens (tertiary/aromatic N) is 2. The van der Waals surface area contributed by atoms with Crippen LogP contribution in [0.25, 0.3) is 32.4 Å². The van der Waals surface area contributed by atoms with E-state index in [-0.39, 0.29) is 25.1 Å². The van der Waals surface area contributed by atoms with Crippen LogP contribution in [0.5, 0.6) is 17.2 Å². The Kier molecular flexibility index (Phi) is 4.98. The Morgan fingerprint density at radius 1 is 1.08 bits per heavy atom. The number of rotatable bonds is 3. The lowest BCUT2D eigenvalue weighted by Gasteiger charge is -2.18. The number of fused-ring (bicyclic) bond motifs is 4. The third kappa shape index (κ3) is 2.97. The number of carbonyl (C=O) groups excluding carboxylic acids is 1. The summed E-state index contributed by atoms with van der Waals surface area (Å²) in [7, 11) is 1.60. The lowest BCUT2D eigenvalue weighted by atomic mass is 9.92. The predicted molar refractivity (Wildman–Crippen MR) is 129 cm³/mol. The molecule has 7 rings (SSSR count). The molecule has 2 aromatic heterocycles. The van der Waals surface area contributed by atoms with Gasteiger partial charge in [-0.25, -0.2) is 0 Å². The first kappa shape index (κ1) is 22.4. The van der Waals surface area contributed by atoms with Gasteiger partial charge in [-0.3, -0.25) is 4.79 Å². The van der Waals surface area contributed by atoms with E-state index in [2.05, 4.69) is 39.4 Å². The van der Waals surface area contributed by atoms with Crippen molar-refractivity contribution in [1.82, 2.24) is 5.16 Å². The van der Waals surface area contributed by atoms with Gasteiger partial charge in [-0.2, -0.15) is 4.57 Å². The van der Waals surface area contributed by atoms with Crippen LogP contribution >= 0.6 is 0 Å². The van der Waals surface area contributed by atoms with Gasteiger partial charge in [0.1, 0.15) is 17.1 Å². The molecular weight excluding hydrogens is 482 g/mol. The van der Waals surface area contributed by atoms with Crippen molar-refractivity contribution in [3.05, 3.63) is 59.1 Å². The Morgan fingerprint density at radius 2 is 1.89 bits per heavy atom. The van der Waals surface area contributed by atoms with E-state index in [1.807, 2.05) is 12.1 Å². The Morgan fingerprint density at radius 3 is 2.67 bits per heavy atom. The van der Waals surface area contributed by atoms with E-state index in [9.17, 15) is 4.79 Å². The van der Waals surface area contributed by atoms with Gasteiger partial charge in [0.05, 0.1) is 34.6 Å². The first-order valence-corrected chi connectivity index (χ1v) is 11.5. The molecule has 0 saturated carbocycles. The van der Waals surface area contributed by atoms with E-state index in [1.165, 1.54) is 10.9 Å². The first-order chi connectivity index (χ1) is 17.0. The van der Waals surface area contributed by atoms with Crippen molar-refractivity contribution >= 4 is 44.0 Å². The number of pyridine rings is 1. The van der Waals surface area contributed by atoms with Gasteiger partial charge in [0, 0.05) is 17.2 Å². The Labute approximate surface area is 212 Å². The molecule has 1 amide bonds. The van der Waals surface area contributed by atoms with Crippen LogP contribution < -0.4 is 36.5 Å². The van der Waals surface area contributed by atoms with Crippen LogP contribution in [0.1, 0.15) is 27.4 Å². The van der Waals surface area contributed by atoms with Crippen LogP contribution in [0.15, 0.2) is 41.1 Å². The monoisotopic (exact) mass is 503 g/mol. The fraction of sp³-hybridized carbons (Fsp3) is 0.222. The molecule has 3 aromatic carbocycles. The van der Waals surface area contributed by atoms with Gasteiger partial charge in [-0.15, -0.1) is 0 Å². The van der Waals surface area contributed by atoms with Crippen LogP contribution in [0, 0.1) is 13.8 Å². The Bertz CT molecular complexity index is 1720. The Hall–Kier alpha value is -4.04. The van der Waals surface area contributed by atoms with E-state index < -0.39 is 0 Å². The normalized spacial score (nSPS) is 13.4. The molecule has 1 N–H and O–H groups in total. The van der Waals surface area contributed by atoms with Crippen LogP contribution in [-0.4, -0.2) is 25.0 Å². The van der Waals surface area contributed by atoms with Gasteiger partial charge >= 0.3 is 0 Å². The van der Waals surface area contributed by atoms with Gasteiger partial charge in [-0.05, 0) is 49.7 Å². The van der Waals surface area contributed by atoms with Crippen LogP contribution in [-0.2, 0) is 13.0 Å². The first-order valence-electron chi connectivity index (χ1n) is 11.5. The van der Waals surface area contributed by atoms with Crippen molar-refractivity contribution in [3.63, 3.8) is 0 Å². The average Bonchev–Trinajstić information content (AvgIpc) is 3.47. The number of nitrogens with one attached hydrogen (secondary N) is 1. The Balaban J connectivity index is 0.00000240. The lowest BCUT2D eigenvalue weighted by Crippen LogP contribution is -3.00. The van der Waals surface area contributed by atoms with Gasteiger partial charge in [0.2, 0.25) is 12.3 Å². The summed E-state index contributed by atoms with van der Waals surface area (Å²) in [6.07, 6.45) is 2.98. The second-order valence-electron chi connectivity index (χ2n) is 8.98. The standard InChI is InChI=1S/C27H21N3O5.ClH/c1-13-22(14(2)35-29-13)27(31)28-24-19-11-30-9-8-15-10-21-26(34-12-33-21)18-5-4-17(25(30)23(15)18)16(19)6-7-20(24)32-3;/h4-7,10-11H,8-9,12H2,1-3H3;1H. The van der Waals surface area contributed by atoms with E-state index in [1.54, 1.807) is 21.0 Å². The quantitative estimate of drug-likeness (QED) is 0.297. The second-order valence-corrected chi connectivity index (χ2v) is 8.98. The summed E-state index contributed by atoms with van der Waals surface area (Å²) in [5.41, 5.74) is 4.02. The van der Waals surface area contributed by atoms with E-state index in [4.69, 9.17) is 18.7 Å². The minimum atomic E-state index is -0.278. The van der Waals surface area contributed by atoms with Gasteiger partial charge < -0.3 is 36.5 Å². The number of hydrogen-bond acceptors (Lipinski definition) is 6. The lowest BCUT2D eigenvalue weighted by molar-refractivity contribution is -0.670. The van der Waals surface area contributed by atoms with Crippen molar-refractivity contribution in [3.8, 4) is 17.2 Å². The summed E-state index contributed by atoms with van der Waals surface area (Å²) in [4.78, 5) is 13.2. The van der Waals surface area contributed by atoms with Gasteiger partial charge in [-0.1, -0.05) is 5.16 Å². The number of benzene rings is 3. The van der Waals surface area contributed by atoms with E-state index in [0.29, 0.717) is 28.5 Å². The summed E-state index contributed by atoms with van der Waals surface area (Å²) in [6.45, 7) is 4.55. The zero-order chi connectivity index (χ0) is 23.8. The second kappa shape index (κ2) is 7.99. The molecule has 0 aliphatic carbocycles. The third-order valence-corrected chi connectivity index (χ3v) is 7.10. The van der Waals surface area contributed by atoms with E-state index >= 15 is 0 Å². The topological polar surface area (TPSA) is 86.7 Å². The van der Waals surface area contributed by atoms with Crippen LogP contribution in [0.3, 0.4) is 0 Å². The highest BCUT2D eigenvalue weighted by atomic mass is 35.5. The highest BCUT2D eigenvalue weighted by Gasteiger charge is 2.30. The maximum Gasteiger partial charge on any atom is 0.261 e. The molecule has 0 saturated heterocycles. The number of ether oxygens (including phenoxy) is 3. The predicted octanol–water partition coefficient (Wildman–Crippen LogP) is 1.59. The molecule has 0 spiro atoms. The molecule has 36 heavy (non-hydrogen) atoms. The number of anilines is 1. The number of aromatic nitrogens is 2. The van der Waals surface area contributed by atoms with Crippen molar-refractivity contribution in [2.75, 3.05) is 19.2 Å². The molecular formula is C27H22ClN3O5. The minimum Gasteiger partial charge on any atom is -1.00 e. The number of carbonyl (C=O) groups is 1. The van der Waals surface area contributed by atoms with Crippen LogP contribution in [0.2, 0.25) is 0 Å². The van der Waals surface area contributed by atoms with Crippen LogP contribution in [0.4, 0.5) is 5.69 Å². The maximum absolute atomic E-state index is 13.2. The third-order valence-electron chi connectivity index (χ3n) is 7.10. The largest absolute Gasteiger partial charge is 1.00 e. The molecule has 0 fully saturated rings. The fourth-order valence-corrected chi connectivity index (χ4v) is 5.54. The molecule has 0 unspecified atom stereocenters. The summed E-state index contributed by atoms with van der Waals surface area (Å²) >= 11 is 0.